The van der Waals surface area contributed by atoms with Crippen LogP contribution in [-0.2, 0) is 6.54 Å². The van der Waals surface area contributed by atoms with Gasteiger partial charge in [0.05, 0.1) is 0 Å². The largest absolute Gasteiger partial charge is 0.312 e. The van der Waals surface area contributed by atoms with E-state index in [0.717, 1.165) is 23.9 Å². The van der Waals surface area contributed by atoms with Crippen molar-refractivity contribution >= 4 is 0 Å². The van der Waals surface area contributed by atoms with E-state index in [1.807, 2.05) is 0 Å². The van der Waals surface area contributed by atoms with E-state index in [9.17, 15) is 8.78 Å². The van der Waals surface area contributed by atoms with Gasteiger partial charge in [-0.3, -0.25) is 0 Å². The van der Waals surface area contributed by atoms with Crippen LogP contribution in [-0.4, -0.2) is 6.54 Å². The molecule has 1 aliphatic rings. The van der Waals surface area contributed by atoms with Crippen molar-refractivity contribution in [1.82, 2.24) is 5.32 Å². The maximum absolute atomic E-state index is 13.0. The highest BCUT2D eigenvalue weighted by molar-refractivity contribution is 5.17. The Hall–Kier alpha value is -0.960. The fourth-order valence-electron chi connectivity index (χ4n) is 2.91. The molecule has 106 valence electrons. The normalized spacial score (nSPS) is 23.5. The van der Waals surface area contributed by atoms with Crippen LogP contribution in [0.25, 0.3) is 0 Å². The first kappa shape index (κ1) is 14.4. The molecule has 1 aliphatic carbocycles. The highest BCUT2D eigenvalue weighted by atomic mass is 19.2. The number of rotatable bonds is 5. The zero-order chi connectivity index (χ0) is 13.7. The Labute approximate surface area is 114 Å². The molecule has 1 saturated carbocycles. The zero-order valence-electron chi connectivity index (χ0n) is 11.6. The molecule has 2 rings (SSSR count). The molecule has 3 heteroatoms. The van der Waals surface area contributed by atoms with Crippen LogP contribution < -0.4 is 5.32 Å². The fourth-order valence-corrected chi connectivity index (χ4v) is 2.91. The minimum Gasteiger partial charge on any atom is -0.312 e. The minimum absolute atomic E-state index is 0.616. The fraction of sp³-hybridized carbons (Fsp3) is 0.625. The monoisotopic (exact) mass is 267 g/mol. The molecule has 1 N–H and O–H groups in total. The molecule has 0 spiro atoms. The summed E-state index contributed by atoms with van der Waals surface area (Å²) >= 11 is 0. The van der Waals surface area contributed by atoms with E-state index in [2.05, 4.69) is 12.2 Å². The van der Waals surface area contributed by atoms with E-state index >= 15 is 0 Å². The number of benzene rings is 1. The van der Waals surface area contributed by atoms with Crippen molar-refractivity contribution in [2.45, 2.75) is 45.6 Å². The number of hydrogen-bond donors (Lipinski definition) is 1. The molecule has 0 radical (unpaired) electrons. The summed E-state index contributed by atoms with van der Waals surface area (Å²) in [5.74, 6) is 0.125. The Morgan fingerprint density at radius 2 is 1.74 bits per heavy atom. The van der Waals surface area contributed by atoms with E-state index in [4.69, 9.17) is 0 Å². The van der Waals surface area contributed by atoms with Crippen molar-refractivity contribution in [1.29, 1.82) is 0 Å². The SMILES string of the molecule is CCC1CCC(CNCc2ccc(F)c(F)c2)CC1. The van der Waals surface area contributed by atoms with Crippen molar-refractivity contribution in [3.8, 4) is 0 Å². The van der Waals surface area contributed by atoms with Gasteiger partial charge in [-0.25, -0.2) is 8.78 Å². The molecule has 1 fully saturated rings. The zero-order valence-corrected chi connectivity index (χ0v) is 11.6. The van der Waals surface area contributed by atoms with Crippen LogP contribution >= 0.6 is 0 Å². The first-order valence-electron chi connectivity index (χ1n) is 7.33. The van der Waals surface area contributed by atoms with E-state index in [1.54, 1.807) is 6.07 Å². The van der Waals surface area contributed by atoms with Gasteiger partial charge < -0.3 is 5.32 Å². The van der Waals surface area contributed by atoms with Crippen LogP contribution in [0.5, 0.6) is 0 Å². The number of nitrogens with one attached hydrogen (secondary N) is 1. The lowest BCUT2D eigenvalue weighted by Crippen LogP contribution is -2.26. The molecule has 1 nitrogen and oxygen atoms in total. The Morgan fingerprint density at radius 3 is 2.37 bits per heavy atom. The maximum atomic E-state index is 13.0. The summed E-state index contributed by atoms with van der Waals surface area (Å²) in [6, 6.07) is 4.11. The summed E-state index contributed by atoms with van der Waals surface area (Å²) in [7, 11) is 0. The molecule has 0 aliphatic heterocycles. The van der Waals surface area contributed by atoms with Gasteiger partial charge in [-0.1, -0.05) is 32.3 Å². The third-order valence-corrected chi connectivity index (χ3v) is 4.29. The van der Waals surface area contributed by atoms with Crippen LogP contribution in [0.1, 0.15) is 44.6 Å². The highest BCUT2D eigenvalue weighted by Crippen LogP contribution is 2.30. The Bertz CT molecular complexity index is 398. The molecule has 0 unspecified atom stereocenters. The third-order valence-electron chi connectivity index (χ3n) is 4.29. The van der Waals surface area contributed by atoms with Gasteiger partial charge in [0.1, 0.15) is 0 Å². The average Bonchev–Trinajstić information content (AvgIpc) is 2.43. The van der Waals surface area contributed by atoms with Crippen LogP contribution in [0.2, 0.25) is 0 Å². The molecular formula is C16H23F2N. The van der Waals surface area contributed by atoms with Gasteiger partial charge >= 0.3 is 0 Å². The topological polar surface area (TPSA) is 12.0 Å². The maximum Gasteiger partial charge on any atom is 0.159 e. The van der Waals surface area contributed by atoms with Crippen molar-refractivity contribution < 1.29 is 8.78 Å². The summed E-state index contributed by atoms with van der Waals surface area (Å²) in [5, 5.41) is 3.36. The highest BCUT2D eigenvalue weighted by Gasteiger charge is 2.19. The van der Waals surface area contributed by atoms with Gasteiger partial charge in [0, 0.05) is 6.54 Å². The van der Waals surface area contributed by atoms with Gasteiger partial charge in [-0.15, -0.1) is 0 Å². The second-order valence-corrected chi connectivity index (χ2v) is 5.67. The van der Waals surface area contributed by atoms with E-state index in [-0.39, 0.29) is 0 Å². The van der Waals surface area contributed by atoms with Gasteiger partial charge in [0.2, 0.25) is 0 Å². The summed E-state index contributed by atoms with van der Waals surface area (Å²) in [6.07, 6.45) is 6.57. The van der Waals surface area contributed by atoms with Crippen molar-refractivity contribution in [2.24, 2.45) is 11.8 Å². The lowest BCUT2D eigenvalue weighted by Gasteiger charge is -2.27. The third kappa shape index (κ3) is 4.27. The van der Waals surface area contributed by atoms with Crippen LogP contribution in [0.15, 0.2) is 18.2 Å². The summed E-state index contributed by atoms with van der Waals surface area (Å²) in [4.78, 5) is 0. The van der Waals surface area contributed by atoms with Crippen molar-refractivity contribution in [3.05, 3.63) is 35.4 Å². The summed E-state index contributed by atoms with van der Waals surface area (Å²) < 4.78 is 25.8. The predicted molar refractivity (Wildman–Crippen MR) is 73.8 cm³/mol. The smallest absolute Gasteiger partial charge is 0.159 e. The molecular weight excluding hydrogens is 244 g/mol. The van der Waals surface area contributed by atoms with Gasteiger partial charge in [0.25, 0.3) is 0 Å². The second-order valence-electron chi connectivity index (χ2n) is 5.67. The summed E-state index contributed by atoms with van der Waals surface area (Å²) in [6.45, 7) is 3.87. The van der Waals surface area contributed by atoms with Crippen LogP contribution in [0.4, 0.5) is 8.78 Å². The summed E-state index contributed by atoms with van der Waals surface area (Å²) in [5.41, 5.74) is 0.807. The molecule has 0 atom stereocenters. The van der Waals surface area contributed by atoms with Crippen LogP contribution in [0, 0.1) is 23.5 Å². The van der Waals surface area contributed by atoms with E-state index in [0.29, 0.717) is 6.54 Å². The molecule has 19 heavy (non-hydrogen) atoms. The molecule has 1 aromatic carbocycles. The molecule has 0 bridgehead atoms. The lowest BCUT2D eigenvalue weighted by atomic mass is 9.81. The van der Waals surface area contributed by atoms with Gasteiger partial charge in [-0.05, 0) is 48.9 Å². The van der Waals surface area contributed by atoms with Crippen molar-refractivity contribution in [3.63, 3.8) is 0 Å². The van der Waals surface area contributed by atoms with E-state index < -0.39 is 11.6 Å². The Balaban J connectivity index is 1.70. The van der Waals surface area contributed by atoms with Gasteiger partial charge in [0.15, 0.2) is 11.6 Å². The number of hydrogen-bond acceptors (Lipinski definition) is 1. The molecule has 0 aromatic heterocycles. The first-order valence-corrected chi connectivity index (χ1v) is 7.33. The standard InChI is InChI=1S/C16H23F2N/c1-2-12-3-5-13(6-4-12)10-19-11-14-7-8-15(17)16(18)9-14/h7-9,12-13,19H,2-6,10-11H2,1H3. The van der Waals surface area contributed by atoms with Gasteiger partial charge in [-0.2, -0.15) is 0 Å². The molecule has 1 aromatic rings. The first-order chi connectivity index (χ1) is 9.19. The number of halogens is 2. The van der Waals surface area contributed by atoms with E-state index in [1.165, 1.54) is 44.2 Å². The average molecular weight is 267 g/mol. The molecule has 0 heterocycles. The predicted octanol–water partition coefficient (Wildman–Crippen LogP) is 4.27. The second kappa shape index (κ2) is 6.99. The molecule has 0 saturated heterocycles. The minimum atomic E-state index is -0.776. The Morgan fingerprint density at radius 1 is 1.05 bits per heavy atom. The Kier molecular flexibility index (Phi) is 5.32. The molecule has 0 amide bonds. The van der Waals surface area contributed by atoms with Crippen LogP contribution in [0.3, 0.4) is 0 Å². The lowest BCUT2D eigenvalue weighted by molar-refractivity contribution is 0.262. The van der Waals surface area contributed by atoms with Crippen molar-refractivity contribution in [2.75, 3.05) is 6.54 Å². The quantitative estimate of drug-likeness (QED) is 0.840.